The van der Waals surface area contributed by atoms with Crippen LogP contribution in [0.2, 0.25) is 0 Å². The maximum atomic E-state index is 12.2. The number of nitriles is 1. The molecule has 1 rings (SSSR count). The number of hydrogen-bond acceptors (Lipinski definition) is 5. The van der Waals surface area contributed by atoms with Gasteiger partial charge in [-0.2, -0.15) is 5.26 Å². The molecule has 6 nitrogen and oxygen atoms in total. The molecule has 1 aromatic rings. The first-order chi connectivity index (χ1) is 11.3. The third kappa shape index (κ3) is 5.24. The Hall–Kier alpha value is -2.07. The van der Waals surface area contributed by atoms with Gasteiger partial charge in [0.05, 0.1) is 17.9 Å². The number of nitrogens with one attached hydrogen (secondary N) is 1. The lowest BCUT2D eigenvalue weighted by Gasteiger charge is -2.17. The van der Waals surface area contributed by atoms with E-state index in [1.54, 1.807) is 7.05 Å². The number of aryl methyl sites for hydroxylation is 1. The van der Waals surface area contributed by atoms with Crippen molar-refractivity contribution in [3.05, 3.63) is 22.4 Å². The van der Waals surface area contributed by atoms with Gasteiger partial charge in [-0.3, -0.25) is 9.59 Å². The van der Waals surface area contributed by atoms with E-state index in [1.807, 2.05) is 27.7 Å². The van der Waals surface area contributed by atoms with Crippen LogP contribution in [0.15, 0.2) is 5.03 Å². The maximum absolute atomic E-state index is 12.2. The smallest absolute Gasteiger partial charge is 0.239 e. The summed E-state index contributed by atoms with van der Waals surface area (Å²) in [6, 6.07) is 2.17. The fourth-order valence-corrected chi connectivity index (χ4v) is 3.04. The number of aromatic nitrogens is 1. The molecule has 0 aliphatic heterocycles. The Balaban J connectivity index is 2.71. The van der Waals surface area contributed by atoms with E-state index < -0.39 is 0 Å². The van der Waals surface area contributed by atoms with Crippen LogP contribution in [0.1, 0.15) is 35.7 Å². The fourth-order valence-electron chi connectivity index (χ4n) is 2.01. The summed E-state index contributed by atoms with van der Waals surface area (Å²) in [5.41, 5.74) is 3.26. The van der Waals surface area contributed by atoms with Gasteiger partial charge in [0.15, 0.2) is 0 Å². The quantitative estimate of drug-likeness (QED) is 0.761. The molecule has 0 saturated carbocycles. The summed E-state index contributed by atoms with van der Waals surface area (Å²) < 4.78 is 0. The van der Waals surface area contributed by atoms with Crippen LogP contribution in [0.5, 0.6) is 0 Å². The normalized spacial score (nSPS) is 10.2. The number of thioether (sulfide) groups is 1. The second kappa shape index (κ2) is 9.28. The molecule has 0 aliphatic carbocycles. The predicted octanol–water partition coefficient (Wildman–Crippen LogP) is 1.96. The number of hydrogen-bond donors (Lipinski definition) is 1. The van der Waals surface area contributed by atoms with Gasteiger partial charge in [0.25, 0.3) is 0 Å². The van der Waals surface area contributed by atoms with Gasteiger partial charge in [0.2, 0.25) is 11.8 Å². The van der Waals surface area contributed by atoms with Crippen LogP contribution < -0.4 is 5.32 Å². The molecule has 2 amide bonds. The number of likely N-dealkylation sites (N-methyl/N-ethyl adjacent to an activating group) is 1. The standard InChI is InChI=1S/C17H24N4O2S/c1-6-7-19-15(22)9-21(5)16(23)10-24-17-14(8-18)12(3)11(2)13(4)20-17/h6-7,9-10H2,1-5H3,(H,19,22). The number of nitrogens with zero attached hydrogens (tertiary/aromatic N) is 3. The molecule has 0 aliphatic rings. The fraction of sp³-hybridized carbons (Fsp3) is 0.529. The van der Waals surface area contributed by atoms with Gasteiger partial charge in [-0.15, -0.1) is 0 Å². The van der Waals surface area contributed by atoms with Crippen molar-refractivity contribution < 1.29 is 9.59 Å². The van der Waals surface area contributed by atoms with Crippen LogP contribution in [0.25, 0.3) is 0 Å². The van der Waals surface area contributed by atoms with Gasteiger partial charge in [-0.05, 0) is 38.3 Å². The van der Waals surface area contributed by atoms with E-state index in [0.29, 0.717) is 17.1 Å². The summed E-state index contributed by atoms with van der Waals surface area (Å²) in [6.45, 7) is 8.31. The topological polar surface area (TPSA) is 86.1 Å². The number of rotatable bonds is 7. The second-order valence-electron chi connectivity index (χ2n) is 5.63. The first-order valence-corrected chi connectivity index (χ1v) is 8.81. The number of pyridine rings is 1. The van der Waals surface area contributed by atoms with E-state index in [0.717, 1.165) is 23.2 Å². The lowest BCUT2D eigenvalue weighted by atomic mass is 10.1. The highest BCUT2D eigenvalue weighted by atomic mass is 32.2. The predicted molar refractivity (Wildman–Crippen MR) is 94.8 cm³/mol. The monoisotopic (exact) mass is 348 g/mol. The lowest BCUT2D eigenvalue weighted by molar-refractivity contribution is -0.132. The van der Waals surface area contributed by atoms with Crippen LogP contribution in [0.4, 0.5) is 0 Å². The molecule has 0 radical (unpaired) electrons. The van der Waals surface area contributed by atoms with Crippen molar-refractivity contribution in [2.24, 2.45) is 0 Å². The SMILES string of the molecule is CCCNC(=O)CN(C)C(=O)CSc1nc(C)c(C)c(C)c1C#N. The van der Waals surface area contributed by atoms with E-state index in [-0.39, 0.29) is 24.1 Å². The summed E-state index contributed by atoms with van der Waals surface area (Å²) in [6.07, 6.45) is 0.855. The molecule has 0 bridgehead atoms. The second-order valence-corrected chi connectivity index (χ2v) is 6.59. The highest BCUT2D eigenvalue weighted by molar-refractivity contribution is 8.00. The van der Waals surface area contributed by atoms with Gasteiger partial charge in [0, 0.05) is 19.3 Å². The van der Waals surface area contributed by atoms with Gasteiger partial charge in [-0.1, -0.05) is 18.7 Å². The molecular weight excluding hydrogens is 324 g/mol. The van der Waals surface area contributed by atoms with Crippen molar-refractivity contribution >= 4 is 23.6 Å². The van der Waals surface area contributed by atoms with Crippen molar-refractivity contribution in [1.82, 2.24) is 15.2 Å². The van der Waals surface area contributed by atoms with Crippen molar-refractivity contribution in [1.29, 1.82) is 5.26 Å². The Morgan fingerprint density at radius 2 is 1.96 bits per heavy atom. The van der Waals surface area contributed by atoms with Gasteiger partial charge < -0.3 is 10.2 Å². The molecule has 0 saturated heterocycles. The molecule has 0 aromatic carbocycles. The maximum Gasteiger partial charge on any atom is 0.239 e. The Morgan fingerprint density at radius 3 is 2.54 bits per heavy atom. The molecule has 0 unspecified atom stereocenters. The van der Waals surface area contributed by atoms with E-state index in [1.165, 1.54) is 16.7 Å². The molecule has 7 heteroatoms. The largest absolute Gasteiger partial charge is 0.355 e. The Morgan fingerprint density at radius 1 is 1.29 bits per heavy atom. The van der Waals surface area contributed by atoms with Gasteiger partial charge >= 0.3 is 0 Å². The van der Waals surface area contributed by atoms with E-state index in [2.05, 4.69) is 16.4 Å². The zero-order chi connectivity index (χ0) is 18.3. The van der Waals surface area contributed by atoms with Crippen LogP contribution in [-0.4, -0.2) is 47.6 Å². The van der Waals surface area contributed by atoms with Crippen molar-refractivity contribution in [2.75, 3.05) is 25.9 Å². The Labute approximate surface area is 147 Å². The highest BCUT2D eigenvalue weighted by Gasteiger charge is 2.17. The zero-order valence-corrected chi connectivity index (χ0v) is 15.7. The molecule has 1 N–H and O–H groups in total. The van der Waals surface area contributed by atoms with Crippen molar-refractivity contribution in [3.63, 3.8) is 0 Å². The minimum Gasteiger partial charge on any atom is -0.355 e. The molecule has 130 valence electrons. The first-order valence-electron chi connectivity index (χ1n) is 7.83. The molecule has 24 heavy (non-hydrogen) atoms. The summed E-state index contributed by atoms with van der Waals surface area (Å²) in [7, 11) is 1.60. The number of amides is 2. The Kier molecular flexibility index (Phi) is 7.72. The Bertz CT molecular complexity index is 668. The summed E-state index contributed by atoms with van der Waals surface area (Å²) in [5, 5.41) is 12.6. The van der Waals surface area contributed by atoms with Crippen molar-refractivity contribution in [2.45, 2.75) is 39.1 Å². The summed E-state index contributed by atoms with van der Waals surface area (Å²) >= 11 is 1.23. The highest BCUT2D eigenvalue weighted by Crippen LogP contribution is 2.26. The van der Waals surface area contributed by atoms with Crippen LogP contribution in [0.3, 0.4) is 0 Å². The lowest BCUT2D eigenvalue weighted by Crippen LogP contribution is -2.39. The molecule has 0 atom stereocenters. The molecule has 1 heterocycles. The van der Waals surface area contributed by atoms with Crippen LogP contribution in [-0.2, 0) is 9.59 Å². The third-order valence-electron chi connectivity index (χ3n) is 3.79. The number of carbonyl (C=O) groups is 2. The summed E-state index contributed by atoms with van der Waals surface area (Å²) in [5.74, 6) is -0.204. The van der Waals surface area contributed by atoms with E-state index in [9.17, 15) is 14.9 Å². The molecule has 0 spiro atoms. The summed E-state index contributed by atoms with van der Waals surface area (Å²) in [4.78, 5) is 29.6. The van der Waals surface area contributed by atoms with Gasteiger partial charge in [-0.25, -0.2) is 4.98 Å². The first kappa shape index (κ1) is 20.0. The average Bonchev–Trinajstić information content (AvgIpc) is 2.55. The van der Waals surface area contributed by atoms with Crippen LogP contribution >= 0.6 is 11.8 Å². The minimum atomic E-state index is -0.173. The third-order valence-corrected chi connectivity index (χ3v) is 4.75. The molecule has 1 aromatic heterocycles. The van der Waals surface area contributed by atoms with Gasteiger partial charge in [0.1, 0.15) is 11.1 Å². The minimum absolute atomic E-state index is 0.0316. The van der Waals surface area contributed by atoms with Crippen LogP contribution in [0, 0.1) is 32.1 Å². The molecular formula is C17H24N4O2S. The van der Waals surface area contributed by atoms with E-state index >= 15 is 0 Å². The van der Waals surface area contributed by atoms with E-state index in [4.69, 9.17) is 0 Å². The average molecular weight is 348 g/mol. The number of carbonyl (C=O) groups excluding carboxylic acids is 2. The molecule has 0 fully saturated rings. The van der Waals surface area contributed by atoms with Crippen molar-refractivity contribution in [3.8, 4) is 6.07 Å². The zero-order valence-electron chi connectivity index (χ0n) is 14.9.